The van der Waals surface area contributed by atoms with E-state index >= 15 is 0 Å². The maximum atomic E-state index is 11.2. The predicted molar refractivity (Wildman–Crippen MR) is 47.1 cm³/mol. The van der Waals surface area contributed by atoms with Gasteiger partial charge in [-0.3, -0.25) is 9.69 Å². The van der Waals surface area contributed by atoms with Gasteiger partial charge in [0.05, 0.1) is 12.1 Å². The number of rotatable bonds is 3. The summed E-state index contributed by atoms with van der Waals surface area (Å²) in [7, 11) is 1.98. The quantitative estimate of drug-likeness (QED) is 0.625. The van der Waals surface area contributed by atoms with E-state index in [4.69, 9.17) is 4.74 Å². The predicted octanol–water partition coefficient (Wildman–Crippen LogP) is 0.685. The van der Waals surface area contributed by atoms with Gasteiger partial charge in [0.2, 0.25) is 0 Å². The Hall–Kier alpha value is -0.410. The summed E-state index contributed by atoms with van der Waals surface area (Å²) in [6.07, 6.45) is 1.10. The van der Waals surface area contributed by atoms with Crippen LogP contribution in [0.5, 0.6) is 0 Å². The van der Waals surface area contributed by atoms with Crippen molar-refractivity contribution in [2.75, 3.05) is 20.2 Å². The average Bonchev–Trinajstić information content (AvgIpc) is 2.32. The number of likely N-dealkylation sites (N-methyl/N-ethyl adjacent to an activating group) is 1. The van der Waals surface area contributed by atoms with Crippen molar-refractivity contribution in [3.05, 3.63) is 0 Å². The first-order valence-corrected chi connectivity index (χ1v) is 4.49. The minimum atomic E-state index is -0.00931. The molecule has 0 aromatic carbocycles. The summed E-state index contributed by atoms with van der Waals surface area (Å²) in [5, 5.41) is 0. The first kappa shape index (κ1) is 9.68. The number of Topliss-reactive ketones (excluding diaryl/α,β-unsaturated/α-hetero) is 1. The van der Waals surface area contributed by atoms with Gasteiger partial charge in [0, 0.05) is 13.2 Å². The number of hydrogen-bond donors (Lipinski definition) is 0. The fourth-order valence-electron chi connectivity index (χ4n) is 1.87. The zero-order valence-corrected chi connectivity index (χ0v) is 8.04. The van der Waals surface area contributed by atoms with Crippen molar-refractivity contribution in [2.45, 2.75) is 32.4 Å². The Balaban J connectivity index is 2.57. The van der Waals surface area contributed by atoms with Crippen LogP contribution in [0.15, 0.2) is 0 Å². The summed E-state index contributed by atoms with van der Waals surface area (Å²) >= 11 is 0. The number of carbonyl (C=O) groups is 1. The molecule has 0 aromatic rings. The third-order valence-corrected chi connectivity index (χ3v) is 2.39. The Morgan fingerprint density at radius 1 is 1.67 bits per heavy atom. The lowest BCUT2D eigenvalue weighted by molar-refractivity contribution is -0.124. The van der Waals surface area contributed by atoms with Gasteiger partial charge in [-0.05, 0) is 27.3 Å². The zero-order chi connectivity index (χ0) is 9.14. The van der Waals surface area contributed by atoms with Crippen LogP contribution in [-0.2, 0) is 9.53 Å². The van der Waals surface area contributed by atoms with Crippen molar-refractivity contribution in [3.8, 4) is 0 Å². The first-order chi connectivity index (χ1) is 5.66. The van der Waals surface area contributed by atoms with E-state index in [9.17, 15) is 4.79 Å². The molecule has 3 heteroatoms. The Morgan fingerprint density at radius 2 is 2.33 bits per heavy atom. The molecule has 1 aliphatic rings. The maximum absolute atomic E-state index is 11.2. The summed E-state index contributed by atoms with van der Waals surface area (Å²) in [6.45, 7) is 5.27. The Kier molecular flexibility index (Phi) is 3.23. The van der Waals surface area contributed by atoms with Crippen molar-refractivity contribution in [1.29, 1.82) is 0 Å². The Morgan fingerprint density at radius 3 is 2.83 bits per heavy atom. The van der Waals surface area contributed by atoms with E-state index in [2.05, 4.69) is 4.90 Å². The lowest BCUT2D eigenvalue weighted by Gasteiger charge is -2.21. The van der Waals surface area contributed by atoms with Gasteiger partial charge in [0.25, 0.3) is 0 Å². The van der Waals surface area contributed by atoms with Gasteiger partial charge in [-0.2, -0.15) is 0 Å². The van der Waals surface area contributed by atoms with Crippen molar-refractivity contribution >= 4 is 5.78 Å². The van der Waals surface area contributed by atoms with Gasteiger partial charge in [0.1, 0.15) is 5.78 Å². The number of likely N-dealkylation sites (tertiary alicyclic amines) is 1. The molecule has 0 radical (unpaired) electrons. The number of nitrogens with zero attached hydrogens (tertiary/aromatic N) is 1. The molecule has 1 saturated heterocycles. The second kappa shape index (κ2) is 4.01. The molecule has 70 valence electrons. The highest BCUT2D eigenvalue weighted by atomic mass is 16.5. The van der Waals surface area contributed by atoms with E-state index in [-0.39, 0.29) is 17.9 Å². The summed E-state index contributed by atoms with van der Waals surface area (Å²) in [4.78, 5) is 13.3. The smallest absolute Gasteiger partial charge is 0.149 e. The van der Waals surface area contributed by atoms with E-state index in [1.165, 1.54) is 0 Å². The fourth-order valence-corrected chi connectivity index (χ4v) is 1.87. The number of carbonyl (C=O) groups excluding carboxylic acids is 1. The van der Waals surface area contributed by atoms with Gasteiger partial charge in [-0.1, -0.05) is 0 Å². The van der Waals surface area contributed by atoms with Crippen molar-refractivity contribution in [1.82, 2.24) is 4.90 Å². The number of ketones is 1. The third kappa shape index (κ3) is 1.84. The molecule has 0 bridgehead atoms. The highest BCUT2D eigenvalue weighted by Gasteiger charge is 2.35. The second-order valence-electron chi connectivity index (χ2n) is 3.32. The van der Waals surface area contributed by atoms with Crippen LogP contribution >= 0.6 is 0 Å². The monoisotopic (exact) mass is 171 g/mol. The molecule has 1 aliphatic heterocycles. The van der Waals surface area contributed by atoms with Crippen LogP contribution in [0.4, 0.5) is 0 Å². The van der Waals surface area contributed by atoms with E-state index in [1.807, 2.05) is 14.0 Å². The van der Waals surface area contributed by atoms with Crippen LogP contribution in [-0.4, -0.2) is 43.0 Å². The molecule has 1 heterocycles. The zero-order valence-electron chi connectivity index (χ0n) is 8.04. The largest absolute Gasteiger partial charge is 0.376 e. The molecule has 0 aromatic heterocycles. The summed E-state index contributed by atoms with van der Waals surface area (Å²) < 4.78 is 5.48. The first-order valence-electron chi connectivity index (χ1n) is 4.49. The van der Waals surface area contributed by atoms with E-state index in [0.717, 1.165) is 13.0 Å². The van der Waals surface area contributed by atoms with Gasteiger partial charge in [0.15, 0.2) is 0 Å². The molecule has 3 nitrogen and oxygen atoms in total. The molecular weight excluding hydrogens is 154 g/mol. The standard InChI is InChI=1S/C9H17NO2/c1-4-12-8-5-6-10(3)9(8)7(2)11/h8-9H,4-6H2,1-3H3/t8-,9-/m1/s1. The minimum absolute atomic E-state index is 0.00931. The van der Waals surface area contributed by atoms with Crippen LogP contribution < -0.4 is 0 Å². The van der Waals surface area contributed by atoms with Gasteiger partial charge in [-0.25, -0.2) is 0 Å². The molecule has 2 atom stereocenters. The SMILES string of the molecule is CCO[C@@H]1CCN(C)[C@@H]1C(C)=O. The van der Waals surface area contributed by atoms with Crippen LogP contribution in [0, 0.1) is 0 Å². The molecule has 0 unspecified atom stereocenters. The molecule has 0 saturated carbocycles. The van der Waals surface area contributed by atoms with Gasteiger partial charge >= 0.3 is 0 Å². The number of ether oxygens (including phenoxy) is 1. The summed E-state index contributed by atoms with van der Waals surface area (Å²) in [6, 6.07) is -0.00931. The maximum Gasteiger partial charge on any atom is 0.149 e. The normalized spacial score (nSPS) is 30.9. The lowest BCUT2D eigenvalue weighted by Crippen LogP contribution is -2.39. The van der Waals surface area contributed by atoms with E-state index in [1.54, 1.807) is 6.92 Å². The molecule has 0 spiro atoms. The highest BCUT2D eigenvalue weighted by Crippen LogP contribution is 2.19. The molecule has 0 amide bonds. The second-order valence-corrected chi connectivity index (χ2v) is 3.32. The third-order valence-electron chi connectivity index (χ3n) is 2.39. The molecule has 12 heavy (non-hydrogen) atoms. The van der Waals surface area contributed by atoms with Crippen LogP contribution in [0.3, 0.4) is 0 Å². The minimum Gasteiger partial charge on any atom is -0.376 e. The number of hydrogen-bond acceptors (Lipinski definition) is 3. The Labute approximate surface area is 73.7 Å². The topological polar surface area (TPSA) is 29.5 Å². The van der Waals surface area contributed by atoms with Crippen LogP contribution in [0.1, 0.15) is 20.3 Å². The summed E-state index contributed by atoms with van der Waals surface area (Å²) in [5.41, 5.74) is 0. The van der Waals surface area contributed by atoms with E-state index in [0.29, 0.717) is 6.61 Å². The van der Waals surface area contributed by atoms with Crippen molar-refractivity contribution in [2.24, 2.45) is 0 Å². The molecular formula is C9H17NO2. The summed E-state index contributed by atoms with van der Waals surface area (Å²) in [5.74, 6) is 0.216. The molecule has 0 N–H and O–H groups in total. The fraction of sp³-hybridized carbons (Fsp3) is 0.889. The van der Waals surface area contributed by atoms with Crippen LogP contribution in [0.2, 0.25) is 0 Å². The molecule has 1 rings (SSSR count). The Bertz CT molecular complexity index is 168. The average molecular weight is 171 g/mol. The lowest BCUT2D eigenvalue weighted by atomic mass is 10.1. The van der Waals surface area contributed by atoms with Crippen molar-refractivity contribution < 1.29 is 9.53 Å². The van der Waals surface area contributed by atoms with E-state index < -0.39 is 0 Å². The molecule has 1 fully saturated rings. The van der Waals surface area contributed by atoms with Crippen LogP contribution in [0.25, 0.3) is 0 Å². The van der Waals surface area contributed by atoms with Gasteiger partial charge < -0.3 is 4.74 Å². The van der Waals surface area contributed by atoms with Crippen molar-refractivity contribution in [3.63, 3.8) is 0 Å². The highest BCUT2D eigenvalue weighted by molar-refractivity contribution is 5.82. The van der Waals surface area contributed by atoms with Gasteiger partial charge in [-0.15, -0.1) is 0 Å². The molecule has 0 aliphatic carbocycles.